The van der Waals surface area contributed by atoms with Crippen molar-refractivity contribution >= 4 is 27.4 Å². The van der Waals surface area contributed by atoms with Gasteiger partial charge in [-0.25, -0.2) is 13.1 Å². The van der Waals surface area contributed by atoms with Crippen LogP contribution in [-0.4, -0.2) is 30.7 Å². The van der Waals surface area contributed by atoms with E-state index in [9.17, 15) is 13.2 Å². The second-order valence-electron chi connectivity index (χ2n) is 8.15. The highest BCUT2D eigenvalue weighted by molar-refractivity contribution is 7.92. The standard InChI is InChI=1S/C26H24N4O3S/c31-26(28-25-16-17-27-29(25)19-20-7-2-1-3-8-20)22-12-14-23(15-13-22)34(32,33)30-18-6-10-21-9-4-5-11-24(21)30/h1-5,7-9,11-17H,6,10,18-19H2,(H,28,31). The minimum atomic E-state index is -3.72. The molecule has 0 saturated carbocycles. The van der Waals surface area contributed by atoms with Gasteiger partial charge in [-0.05, 0) is 54.3 Å². The summed E-state index contributed by atoms with van der Waals surface area (Å²) in [7, 11) is -3.72. The van der Waals surface area contributed by atoms with Crippen molar-refractivity contribution in [2.24, 2.45) is 0 Å². The number of hydrogen-bond acceptors (Lipinski definition) is 4. The number of aromatic nitrogens is 2. The fourth-order valence-corrected chi connectivity index (χ4v) is 5.70. The van der Waals surface area contributed by atoms with E-state index in [1.54, 1.807) is 16.9 Å². The van der Waals surface area contributed by atoms with Gasteiger partial charge in [-0.1, -0.05) is 48.5 Å². The van der Waals surface area contributed by atoms with Crippen molar-refractivity contribution in [2.45, 2.75) is 24.3 Å². The summed E-state index contributed by atoms with van der Waals surface area (Å²) in [6, 6.07) is 25.2. The van der Waals surface area contributed by atoms with Gasteiger partial charge >= 0.3 is 0 Å². The number of fused-ring (bicyclic) bond motifs is 1. The Kier molecular flexibility index (Phi) is 5.90. The Bertz CT molecular complexity index is 1410. The Morgan fingerprint density at radius 2 is 1.65 bits per heavy atom. The molecule has 5 rings (SSSR count). The highest BCUT2D eigenvalue weighted by atomic mass is 32.2. The van der Waals surface area contributed by atoms with E-state index in [1.165, 1.54) is 28.6 Å². The Morgan fingerprint density at radius 1 is 0.912 bits per heavy atom. The van der Waals surface area contributed by atoms with Crippen LogP contribution >= 0.6 is 0 Å². The molecule has 0 saturated heterocycles. The molecule has 1 aliphatic rings. The number of para-hydroxylation sites is 1. The normalized spacial score (nSPS) is 13.4. The van der Waals surface area contributed by atoms with Gasteiger partial charge < -0.3 is 5.32 Å². The number of rotatable bonds is 6. The van der Waals surface area contributed by atoms with E-state index in [0.717, 1.165) is 29.7 Å². The first kappa shape index (κ1) is 21.9. The first-order valence-electron chi connectivity index (χ1n) is 11.1. The number of sulfonamides is 1. The van der Waals surface area contributed by atoms with Crippen LogP contribution in [0.25, 0.3) is 0 Å². The van der Waals surface area contributed by atoms with Gasteiger partial charge in [0, 0.05) is 18.2 Å². The summed E-state index contributed by atoms with van der Waals surface area (Å²) in [6.45, 7) is 0.963. The van der Waals surface area contributed by atoms with Gasteiger partial charge in [0.25, 0.3) is 15.9 Å². The van der Waals surface area contributed by atoms with Crippen molar-refractivity contribution in [3.63, 3.8) is 0 Å². The van der Waals surface area contributed by atoms with Crippen LogP contribution in [0.3, 0.4) is 0 Å². The lowest BCUT2D eigenvalue weighted by molar-refractivity contribution is 0.102. The molecule has 1 aliphatic heterocycles. The zero-order valence-electron chi connectivity index (χ0n) is 18.5. The van der Waals surface area contributed by atoms with Gasteiger partial charge in [0.05, 0.1) is 23.3 Å². The molecule has 0 atom stereocenters. The fraction of sp³-hybridized carbons (Fsp3) is 0.154. The Morgan fingerprint density at radius 3 is 2.44 bits per heavy atom. The third-order valence-corrected chi connectivity index (χ3v) is 7.73. The summed E-state index contributed by atoms with van der Waals surface area (Å²) in [5.74, 6) is 0.234. The van der Waals surface area contributed by atoms with Gasteiger partial charge in [0.2, 0.25) is 0 Å². The summed E-state index contributed by atoms with van der Waals surface area (Å²) in [5.41, 5.74) is 3.18. The van der Waals surface area contributed by atoms with Crippen molar-refractivity contribution in [3.05, 3.63) is 108 Å². The molecular formula is C26H24N4O3S. The molecule has 2 heterocycles. The van der Waals surface area contributed by atoms with E-state index in [1.807, 2.05) is 54.6 Å². The van der Waals surface area contributed by atoms with Gasteiger partial charge in [0.1, 0.15) is 5.82 Å². The molecule has 0 unspecified atom stereocenters. The van der Waals surface area contributed by atoms with Crippen LogP contribution in [0.15, 0.2) is 96.0 Å². The van der Waals surface area contributed by atoms with Crippen LogP contribution in [0.2, 0.25) is 0 Å². The average molecular weight is 473 g/mol. The van der Waals surface area contributed by atoms with E-state index in [-0.39, 0.29) is 10.8 Å². The van der Waals surface area contributed by atoms with Crippen LogP contribution in [0.5, 0.6) is 0 Å². The first-order chi connectivity index (χ1) is 16.5. The predicted molar refractivity (Wildman–Crippen MR) is 131 cm³/mol. The quantitative estimate of drug-likeness (QED) is 0.453. The van der Waals surface area contributed by atoms with E-state index < -0.39 is 10.0 Å². The maximum absolute atomic E-state index is 13.3. The lowest BCUT2D eigenvalue weighted by Gasteiger charge is -2.30. The monoisotopic (exact) mass is 472 g/mol. The number of nitrogens with zero attached hydrogens (tertiary/aromatic N) is 3. The molecule has 0 aliphatic carbocycles. The predicted octanol–water partition coefficient (Wildman–Crippen LogP) is 4.33. The SMILES string of the molecule is O=C(Nc1ccnn1Cc1ccccc1)c1ccc(S(=O)(=O)N2CCCc3ccccc32)cc1. The molecular weight excluding hydrogens is 448 g/mol. The Hall–Kier alpha value is -3.91. The second kappa shape index (κ2) is 9.15. The number of amides is 1. The number of hydrogen-bond donors (Lipinski definition) is 1. The summed E-state index contributed by atoms with van der Waals surface area (Å²) in [5, 5.41) is 7.16. The maximum atomic E-state index is 13.3. The molecule has 1 aromatic heterocycles. The molecule has 4 aromatic rings. The van der Waals surface area contributed by atoms with Crippen LogP contribution in [-0.2, 0) is 23.0 Å². The highest BCUT2D eigenvalue weighted by Gasteiger charge is 2.29. The molecule has 172 valence electrons. The van der Waals surface area contributed by atoms with Crippen LogP contribution in [0, 0.1) is 0 Å². The van der Waals surface area contributed by atoms with Gasteiger partial charge in [-0.15, -0.1) is 0 Å². The summed E-state index contributed by atoms with van der Waals surface area (Å²) >= 11 is 0. The molecule has 1 N–H and O–H groups in total. The van der Waals surface area contributed by atoms with Gasteiger partial charge in [0.15, 0.2) is 0 Å². The number of carbonyl (C=O) groups excluding carboxylic acids is 1. The van der Waals surface area contributed by atoms with E-state index in [0.29, 0.717) is 24.5 Å². The van der Waals surface area contributed by atoms with E-state index in [2.05, 4.69) is 10.4 Å². The lowest BCUT2D eigenvalue weighted by atomic mass is 10.0. The highest BCUT2D eigenvalue weighted by Crippen LogP contribution is 2.31. The topological polar surface area (TPSA) is 84.3 Å². The molecule has 3 aromatic carbocycles. The van der Waals surface area contributed by atoms with E-state index in [4.69, 9.17) is 0 Å². The van der Waals surface area contributed by atoms with Crippen LogP contribution in [0.4, 0.5) is 11.5 Å². The molecule has 7 nitrogen and oxygen atoms in total. The second-order valence-corrected chi connectivity index (χ2v) is 10.0. The first-order valence-corrected chi connectivity index (χ1v) is 12.5. The molecule has 0 bridgehead atoms. The van der Waals surface area contributed by atoms with Crippen LogP contribution in [0.1, 0.15) is 27.9 Å². The van der Waals surface area contributed by atoms with E-state index >= 15 is 0 Å². The average Bonchev–Trinajstić information content (AvgIpc) is 3.30. The maximum Gasteiger partial charge on any atom is 0.264 e. The van der Waals surface area contributed by atoms with Gasteiger partial charge in [-0.2, -0.15) is 5.10 Å². The number of carbonyl (C=O) groups is 1. The van der Waals surface area contributed by atoms with Gasteiger partial charge in [-0.3, -0.25) is 9.10 Å². The minimum absolute atomic E-state index is 0.162. The third-order valence-electron chi connectivity index (χ3n) is 5.91. The number of aryl methyl sites for hydroxylation is 1. The molecule has 0 spiro atoms. The summed E-state index contributed by atoms with van der Waals surface area (Å²) in [6.07, 6.45) is 3.26. The molecule has 34 heavy (non-hydrogen) atoms. The Balaban J connectivity index is 1.32. The smallest absolute Gasteiger partial charge is 0.264 e. The minimum Gasteiger partial charge on any atom is -0.307 e. The number of nitrogens with one attached hydrogen (secondary N) is 1. The van der Waals surface area contributed by atoms with Crippen molar-refractivity contribution in [1.29, 1.82) is 0 Å². The van der Waals surface area contributed by atoms with Crippen molar-refractivity contribution in [2.75, 3.05) is 16.2 Å². The van der Waals surface area contributed by atoms with Crippen molar-refractivity contribution in [3.8, 4) is 0 Å². The van der Waals surface area contributed by atoms with Crippen molar-refractivity contribution in [1.82, 2.24) is 9.78 Å². The zero-order chi connectivity index (χ0) is 23.5. The fourth-order valence-electron chi connectivity index (χ4n) is 4.16. The summed E-state index contributed by atoms with van der Waals surface area (Å²) in [4.78, 5) is 13.0. The lowest BCUT2D eigenvalue weighted by Crippen LogP contribution is -2.35. The molecule has 0 radical (unpaired) electrons. The largest absolute Gasteiger partial charge is 0.307 e. The molecule has 8 heteroatoms. The molecule has 1 amide bonds. The number of anilines is 2. The van der Waals surface area contributed by atoms with Crippen LogP contribution < -0.4 is 9.62 Å². The Labute approximate surface area is 198 Å². The molecule has 0 fully saturated rings. The number of benzene rings is 3. The zero-order valence-corrected chi connectivity index (χ0v) is 19.3. The third kappa shape index (κ3) is 4.32. The summed E-state index contributed by atoms with van der Waals surface area (Å²) < 4.78 is 29.8. The van der Waals surface area contributed by atoms with Crippen molar-refractivity contribution < 1.29 is 13.2 Å².